The van der Waals surface area contributed by atoms with Gasteiger partial charge < -0.3 is 31.3 Å². The number of rotatable bonds is 1. The van der Waals surface area contributed by atoms with Crippen molar-refractivity contribution in [2.75, 3.05) is 5.73 Å². The highest BCUT2D eigenvalue weighted by Crippen LogP contribution is 2.25. The number of nitrogen functional groups attached to an aromatic ring is 1. The van der Waals surface area contributed by atoms with Gasteiger partial charge in [0.25, 0.3) is 0 Å². The first kappa shape index (κ1) is 15.0. The van der Waals surface area contributed by atoms with Crippen molar-refractivity contribution in [3.8, 4) is 23.0 Å². The minimum Gasteiger partial charge on any atom is -0.504 e. The molecule has 7 heteroatoms. The predicted molar refractivity (Wildman–Crippen MR) is 70.9 cm³/mol. The van der Waals surface area contributed by atoms with E-state index in [0.29, 0.717) is 5.69 Å². The summed E-state index contributed by atoms with van der Waals surface area (Å²) >= 11 is 0. The van der Waals surface area contributed by atoms with Gasteiger partial charge in [-0.25, -0.2) is 4.79 Å². The summed E-state index contributed by atoms with van der Waals surface area (Å²) in [5.41, 5.74) is 5.64. The van der Waals surface area contributed by atoms with Crippen molar-refractivity contribution in [2.45, 2.75) is 0 Å². The highest BCUT2D eigenvalue weighted by molar-refractivity contribution is 5.88. The number of carbonyl (C=O) groups is 1. The molecule has 0 bridgehead atoms. The molecule has 0 fully saturated rings. The number of carboxylic acid groups (broad SMARTS) is 1. The number of aromatic hydroxyl groups is 4. The first-order valence-corrected chi connectivity index (χ1v) is 5.34. The van der Waals surface area contributed by atoms with Gasteiger partial charge >= 0.3 is 5.97 Å². The Bertz CT molecular complexity index is 626. The van der Waals surface area contributed by atoms with Crippen LogP contribution in [0.25, 0.3) is 0 Å². The number of phenolic OH excluding ortho intramolecular Hbond substituents is 4. The van der Waals surface area contributed by atoms with Crippen molar-refractivity contribution < 1.29 is 30.3 Å². The van der Waals surface area contributed by atoms with E-state index >= 15 is 0 Å². The number of aromatic carboxylic acids is 1. The fourth-order valence-corrected chi connectivity index (χ4v) is 1.20. The molecule has 0 atom stereocenters. The Hall–Kier alpha value is -3.09. The SMILES string of the molecule is Nc1ccc(O)c(O)c1.O=C(O)c1ccc(O)c(O)c1. The summed E-state index contributed by atoms with van der Waals surface area (Å²) in [6.45, 7) is 0. The first-order chi connectivity index (χ1) is 9.31. The number of carboxylic acids is 1. The molecule has 0 aliphatic rings. The van der Waals surface area contributed by atoms with Crippen molar-refractivity contribution >= 4 is 11.7 Å². The Balaban J connectivity index is 0.000000204. The van der Waals surface area contributed by atoms with Crippen LogP contribution in [0, 0.1) is 0 Å². The van der Waals surface area contributed by atoms with Gasteiger partial charge in [-0.2, -0.15) is 0 Å². The lowest BCUT2D eigenvalue weighted by atomic mass is 10.2. The monoisotopic (exact) mass is 279 g/mol. The molecule has 20 heavy (non-hydrogen) atoms. The average Bonchev–Trinajstić information content (AvgIpc) is 2.38. The molecule has 0 radical (unpaired) electrons. The molecule has 2 aromatic carbocycles. The molecule has 0 saturated heterocycles. The maximum absolute atomic E-state index is 10.3. The molecule has 106 valence electrons. The van der Waals surface area contributed by atoms with Gasteiger partial charge in [0.2, 0.25) is 0 Å². The third kappa shape index (κ3) is 3.98. The zero-order chi connectivity index (χ0) is 15.3. The van der Waals surface area contributed by atoms with Crippen LogP contribution in [0.1, 0.15) is 10.4 Å². The summed E-state index contributed by atoms with van der Waals surface area (Å²) in [4.78, 5) is 10.3. The molecule has 0 amide bonds. The van der Waals surface area contributed by atoms with Crippen molar-refractivity contribution in [3.63, 3.8) is 0 Å². The number of benzene rings is 2. The van der Waals surface area contributed by atoms with Crippen LogP contribution < -0.4 is 5.73 Å². The third-order valence-corrected chi connectivity index (χ3v) is 2.22. The summed E-state index contributed by atoms with van der Waals surface area (Å²) in [5.74, 6) is -2.22. The highest BCUT2D eigenvalue weighted by Gasteiger charge is 2.05. The molecular formula is C13H13NO6. The first-order valence-electron chi connectivity index (χ1n) is 5.34. The lowest BCUT2D eigenvalue weighted by molar-refractivity contribution is 0.0696. The number of phenols is 4. The summed E-state index contributed by atoms with van der Waals surface area (Å²) in [6.07, 6.45) is 0. The zero-order valence-corrected chi connectivity index (χ0v) is 10.2. The average molecular weight is 279 g/mol. The van der Waals surface area contributed by atoms with Gasteiger partial charge in [0.1, 0.15) is 0 Å². The van der Waals surface area contributed by atoms with Crippen LogP contribution in [0.15, 0.2) is 36.4 Å². The van der Waals surface area contributed by atoms with Gasteiger partial charge in [0.15, 0.2) is 23.0 Å². The lowest BCUT2D eigenvalue weighted by Crippen LogP contribution is -1.94. The molecule has 0 spiro atoms. The quantitative estimate of drug-likeness (QED) is 0.263. The van der Waals surface area contributed by atoms with E-state index in [2.05, 4.69) is 0 Å². The Labute approximate surface area is 113 Å². The van der Waals surface area contributed by atoms with E-state index in [4.69, 9.17) is 31.3 Å². The third-order valence-electron chi connectivity index (χ3n) is 2.22. The Morgan fingerprint density at radius 1 is 0.800 bits per heavy atom. The van der Waals surface area contributed by atoms with E-state index in [-0.39, 0.29) is 22.8 Å². The molecular weight excluding hydrogens is 266 g/mol. The number of hydrogen-bond acceptors (Lipinski definition) is 6. The normalized spacial score (nSPS) is 9.40. The predicted octanol–water partition coefficient (Wildman–Crippen LogP) is 1.48. The van der Waals surface area contributed by atoms with Crippen molar-refractivity contribution in [1.82, 2.24) is 0 Å². The van der Waals surface area contributed by atoms with E-state index in [0.717, 1.165) is 12.1 Å². The van der Waals surface area contributed by atoms with Crippen molar-refractivity contribution in [2.24, 2.45) is 0 Å². The van der Waals surface area contributed by atoms with Crippen LogP contribution >= 0.6 is 0 Å². The number of hydrogen-bond donors (Lipinski definition) is 6. The van der Waals surface area contributed by atoms with E-state index in [9.17, 15) is 4.79 Å². The van der Waals surface area contributed by atoms with Crippen LogP contribution in [0.5, 0.6) is 23.0 Å². The van der Waals surface area contributed by atoms with Crippen LogP contribution in [0.3, 0.4) is 0 Å². The second-order valence-electron chi connectivity index (χ2n) is 3.76. The molecule has 2 rings (SSSR count). The Kier molecular flexibility index (Phi) is 4.63. The van der Waals surface area contributed by atoms with E-state index < -0.39 is 11.7 Å². The van der Waals surface area contributed by atoms with Gasteiger partial charge in [0.05, 0.1) is 5.56 Å². The highest BCUT2D eigenvalue weighted by atomic mass is 16.4. The van der Waals surface area contributed by atoms with E-state index in [1.54, 1.807) is 0 Å². The summed E-state index contributed by atoms with van der Waals surface area (Å²) in [6, 6.07) is 7.45. The molecule has 7 N–H and O–H groups in total. The van der Waals surface area contributed by atoms with E-state index in [1.807, 2.05) is 0 Å². The van der Waals surface area contributed by atoms with Gasteiger partial charge in [0, 0.05) is 11.8 Å². The largest absolute Gasteiger partial charge is 0.504 e. The van der Waals surface area contributed by atoms with Crippen molar-refractivity contribution in [1.29, 1.82) is 0 Å². The molecule has 0 unspecified atom stereocenters. The van der Waals surface area contributed by atoms with Crippen molar-refractivity contribution in [3.05, 3.63) is 42.0 Å². The molecule has 0 saturated carbocycles. The second kappa shape index (κ2) is 6.19. The molecule has 0 aromatic heterocycles. The van der Waals surface area contributed by atoms with Crippen LogP contribution in [0.4, 0.5) is 5.69 Å². The molecule has 7 nitrogen and oxygen atoms in total. The topological polar surface area (TPSA) is 144 Å². The fourth-order valence-electron chi connectivity index (χ4n) is 1.20. The maximum atomic E-state index is 10.3. The summed E-state index contributed by atoms with van der Waals surface area (Å²) in [7, 11) is 0. The van der Waals surface area contributed by atoms with Crippen LogP contribution in [0.2, 0.25) is 0 Å². The second-order valence-corrected chi connectivity index (χ2v) is 3.76. The zero-order valence-electron chi connectivity index (χ0n) is 10.2. The smallest absolute Gasteiger partial charge is 0.335 e. The van der Waals surface area contributed by atoms with Gasteiger partial charge in [-0.05, 0) is 30.3 Å². The minimum absolute atomic E-state index is 0.0553. The van der Waals surface area contributed by atoms with Gasteiger partial charge in [-0.1, -0.05) is 0 Å². The fraction of sp³-hybridized carbons (Fsp3) is 0. The van der Waals surface area contributed by atoms with E-state index in [1.165, 1.54) is 24.3 Å². The molecule has 0 aliphatic heterocycles. The molecule has 2 aromatic rings. The summed E-state index contributed by atoms with van der Waals surface area (Å²) < 4.78 is 0. The number of anilines is 1. The summed E-state index contributed by atoms with van der Waals surface area (Å²) in [5, 5.41) is 43.5. The minimum atomic E-state index is -1.14. The number of nitrogens with two attached hydrogens (primary N) is 1. The standard InChI is InChI=1S/C7H6O4.C6H7NO2/c8-5-2-1-4(7(10)11)3-6(5)9;7-4-1-2-5(8)6(9)3-4/h1-3,8-9H,(H,10,11);1-3,8-9H,7H2. The maximum Gasteiger partial charge on any atom is 0.335 e. The van der Waals surface area contributed by atoms with Crippen LogP contribution in [-0.4, -0.2) is 31.5 Å². The molecule has 0 aliphatic carbocycles. The molecule has 0 heterocycles. The van der Waals surface area contributed by atoms with Gasteiger partial charge in [-0.15, -0.1) is 0 Å². The lowest BCUT2D eigenvalue weighted by Gasteiger charge is -1.97. The Morgan fingerprint density at radius 2 is 1.30 bits per heavy atom. The van der Waals surface area contributed by atoms with Gasteiger partial charge in [-0.3, -0.25) is 0 Å². The van der Waals surface area contributed by atoms with Crippen LogP contribution in [-0.2, 0) is 0 Å². The Morgan fingerprint density at radius 3 is 1.70 bits per heavy atom.